The maximum absolute atomic E-state index is 12.0. The van der Waals surface area contributed by atoms with Crippen LogP contribution >= 0.6 is 0 Å². The number of nitrogens with zero attached hydrogens (tertiary/aromatic N) is 1. The van der Waals surface area contributed by atoms with Gasteiger partial charge in [0, 0.05) is 24.9 Å². The normalized spacial score (nSPS) is 10.2. The van der Waals surface area contributed by atoms with E-state index in [0.717, 1.165) is 5.56 Å². The number of carbonyl (C=O) groups is 2. The van der Waals surface area contributed by atoms with Gasteiger partial charge in [-0.25, -0.2) is 4.79 Å². The fraction of sp³-hybridized carbons (Fsp3) is 0.222. The van der Waals surface area contributed by atoms with Gasteiger partial charge in [-0.1, -0.05) is 12.1 Å². The van der Waals surface area contributed by atoms with Crippen LogP contribution < -0.4 is 5.32 Å². The van der Waals surface area contributed by atoms with Crippen LogP contribution in [0, 0.1) is 17.0 Å². The highest BCUT2D eigenvalue weighted by Crippen LogP contribution is 2.21. The summed E-state index contributed by atoms with van der Waals surface area (Å²) in [6.45, 7) is 1.53. The number of hydrogen-bond acceptors (Lipinski definition) is 6. The summed E-state index contributed by atoms with van der Waals surface area (Å²) in [6, 6.07) is 10.8. The van der Waals surface area contributed by atoms with E-state index in [1.165, 1.54) is 18.2 Å². The summed E-state index contributed by atoms with van der Waals surface area (Å²) in [5, 5.41) is 13.3. The van der Waals surface area contributed by atoms with Gasteiger partial charge in [0.1, 0.15) is 0 Å². The van der Waals surface area contributed by atoms with Gasteiger partial charge in [-0.15, -0.1) is 0 Å². The van der Waals surface area contributed by atoms with E-state index in [4.69, 9.17) is 9.47 Å². The molecule has 1 amide bonds. The third-order valence-electron chi connectivity index (χ3n) is 3.50. The zero-order valence-corrected chi connectivity index (χ0v) is 14.4. The Balaban J connectivity index is 1.93. The monoisotopic (exact) mass is 358 g/mol. The molecule has 0 unspecified atom stereocenters. The Morgan fingerprint density at radius 2 is 1.96 bits per heavy atom. The minimum atomic E-state index is -0.626. The van der Waals surface area contributed by atoms with Gasteiger partial charge in [-0.3, -0.25) is 14.9 Å². The average molecular weight is 358 g/mol. The number of amides is 1. The van der Waals surface area contributed by atoms with E-state index in [2.05, 4.69) is 5.32 Å². The van der Waals surface area contributed by atoms with E-state index >= 15 is 0 Å². The van der Waals surface area contributed by atoms with Crippen molar-refractivity contribution in [3.05, 3.63) is 69.3 Å². The molecule has 8 heteroatoms. The molecule has 0 saturated carbocycles. The molecule has 0 radical (unpaired) electrons. The van der Waals surface area contributed by atoms with Crippen molar-refractivity contribution in [3.8, 4) is 0 Å². The van der Waals surface area contributed by atoms with Crippen LogP contribution in [0.25, 0.3) is 0 Å². The first kappa shape index (κ1) is 19.1. The zero-order valence-electron chi connectivity index (χ0n) is 14.4. The van der Waals surface area contributed by atoms with Gasteiger partial charge in [0.05, 0.1) is 17.1 Å². The number of nitro groups is 1. The molecule has 0 atom stereocenters. The van der Waals surface area contributed by atoms with Crippen molar-refractivity contribution in [1.29, 1.82) is 0 Å². The fourth-order valence-electron chi connectivity index (χ4n) is 2.26. The molecule has 8 nitrogen and oxygen atoms in total. The standard InChI is InChI=1S/C18H18N2O6/c1-12-8-15(20(23)24)6-7-16(12)19-17(21)11-26-18(22)14-5-3-4-13(9-14)10-25-2/h3-9H,10-11H2,1-2H3,(H,19,21). The minimum Gasteiger partial charge on any atom is -0.452 e. The number of nitrogens with one attached hydrogen (secondary N) is 1. The van der Waals surface area contributed by atoms with Crippen molar-refractivity contribution in [1.82, 2.24) is 0 Å². The molecule has 0 heterocycles. The van der Waals surface area contributed by atoms with Crippen LogP contribution in [-0.4, -0.2) is 30.5 Å². The predicted molar refractivity (Wildman–Crippen MR) is 93.9 cm³/mol. The number of aryl methyl sites for hydroxylation is 1. The van der Waals surface area contributed by atoms with E-state index in [0.29, 0.717) is 23.4 Å². The Labute approximate surface area is 149 Å². The Morgan fingerprint density at radius 3 is 2.62 bits per heavy atom. The summed E-state index contributed by atoms with van der Waals surface area (Å²) in [5.74, 6) is -1.16. The summed E-state index contributed by atoms with van der Waals surface area (Å²) in [4.78, 5) is 34.2. The molecular formula is C18H18N2O6. The largest absolute Gasteiger partial charge is 0.452 e. The number of nitro benzene ring substituents is 1. The lowest BCUT2D eigenvalue weighted by atomic mass is 10.1. The van der Waals surface area contributed by atoms with Crippen LogP contribution in [0.15, 0.2) is 42.5 Å². The lowest BCUT2D eigenvalue weighted by molar-refractivity contribution is -0.384. The van der Waals surface area contributed by atoms with E-state index < -0.39 is 23.4 Å². The number of benzene rings is 2. The highest BCUT2D eigenvalue weighted by atomic mass is 16.6. The van der Waals surface area contributed by atoms with Crippen LogP contribution in [-0.2, 0) is 20.9 Å². The van der Waals surface area contributed by atoms with Crippen molar-refractivity contribution >= 4 is 23.3 Å². The summed E-state index contributed by atoms with van der Waals surface area (Å²) in [7, 11) is 1.55. The average Bonchev–Trinajstić information content (AvgIpc) is 2.61. The number of hydrogen-bond donors (Lipinski definition) is 1. The number of rotatable bonds is 7. The van der Waals surface area contributed by atoms with Gasteiger partial charge < -0.3 is 14.8 Å². The fourth-order valence-corrected chi connectivity index (χ4v) is 2.26. The molecule has 0 aromatic heterocycles. The Bertz CT molecular complexity index is 834. The van der Waals surface area contributed by atoms with E-state index in [9.17, 15) is 19.7 Å². The Hall–Kier alpha value is -3.26. The van der Waals surface area contributed by atoms with E-state index in [1.807, 2.05) is 6.07 Å². The summed E-state index contributed by atoms with van der Waals surface area (Å²) < 4.78 is 10.0. The van der Waals surface area contributed by atoms with Crippen molar-refractivity contribution < 1.29 is 24.0 Å². The van der Waals surface area contributed by atoms with Gasteiger partial charge in [0.25, 0.3) is 11.6 Å². The van der Waals surface area contributed by atoms with E-state index in [1.54, 1.807) is 32.2 Å². The number of methoxy groups -OCH3 is 1. The smallest absolute Gasteiger partial charge is 0.338 e. The lowest BCUT2D eigenvalue weighted by Crippen LogP contribution is -2.21. The number of non-ortho nitro benzene ring substituents is 1. The predicted octanol–water partition coefficient (Wildman–Crippen LogP) is 2.85. The molecule has 1 N–H and O–H groups in total. The molecule has 136 valence electrons. The molecule has 2 aromatic rings. The van der Waals surface area contributed by atoms with E-state index in [-0.39, 0.29) is 5.69 Å². The number of ether oxygens (including phenoxy) is 2. The molecule has 0 spiro atoms. The SMILES string of the molecule is COCc1cccc(C(=O)OCC(=O)Nc2ccc([N+](=O)[O-])cc2C)c1. The van der Waals surface area contributed by atoms with Gasteiger partial charge >= 0.3 is 5.97 Å². The first-order chi connectivity index (χ1) is 12.4. The minimum absolute atomic E-state index is 0.0668. The summed E-state index contributed by atoms with van der Waals surface area (Å²) in [5.41, 5.74) is 2.01. The topological polar surface area (TPSA) is 108 Å². The van der Waals surface area contributed by atoms with Crippen molar-refractivity contribution in [2.24, 2.45) is 0 Å². The Morgan fingerprint density at radius 1 is 1.19 bits per heavy atom. The van der Waals surface area contributed by atoms with Crippen molar-refractivity contribution in [3.63, 3.8) is 0 Å². The molecule has 0 aliphatic rings. The quantitative estimate of drug-likeness (QED) is 0.463. The third-order valence-corrected chi connectivity index (χ3v) is 3.50. The van der Waals surface area contributed by atoms with Gasteiger partial charge in [-0.2, -0.15) is 0 Å². The second-order valence-electron chi connectivity index (χ2n) is 5.51. The highest BCUT2D eigenvalue weighted by Gasteiger charge is 2.13. The van der Waals surface area contributed by atoms with Crippen LogP contribution in [0.3, 0.4) is 0 Å². The first-order valence-corrected chi connectivity index (χ1v) is 7.70. The molecule has 2 rings (SSSR count). The van der Waals surface area contributed by atoms with Crippen LogP contribution in [0.5, 0.6) is 0 Å². The molecule has 26 heavy (non-hydrogen) atoms. The summed E-state index contributed by atoms with van der Waals surface area (Å²) >= 11 is 0. The maximum Gasteiger partial charge on any atom is 0.338 e. The molecule has 0 fully saturated rings. The van der Waals surface area contributed by atoms with Crippen LogP contribution in [0.1, 0.15) is 21.5 Å². The molecule has 0 saturated heterocycles. The number of anilines is 1. The number of carbonyl (C=O) groups excluding carboxylic acids is 2. The molecular weight excluding hydrogens is 340 g/mol. The third kappa shape index (κ3) is 5.12. The van der Waals surface area contributed by atoms with Crippen LogP contribution in [0.2, 0.25) is 0 Å². The molecule has 0 aliphatic heterocycles. The molecule has 0 bridgehead atoms. The molecule has 0 aliphatic carbocycles. The second kappa shape index (κ2) is 8.72. The van der Waals surface area contributed by atoms with Gasteiger partial charge in [0.15, 0.2) is 6.61 Å². The lowest BCUT2D eigenvalue weighted by Gasteiger charge is -2.09. The van der Waals surface area contributed by atoms with Crippen molar-refractivity contribution in [2.75, 3.05) is 19.0 Å². The van der Waals surface area contributed by atoms with Crippen LogP contribution in [0.4, 0.5) is 11.4 Å². The zero-order chi connectivity index (χ0) is 19.1. The number of esters is 1. The van der Waals surface area contributed by atoms with Gasteiger partial charge in [0.2, 0.25) is 0 Å². The van der Waals surface area contributed by atoms with Gasteiger partial charge in [-0.05, 0) is 36.2 Å². The second-order valence-corrected chi connectivity index (χ2v) is 5.51. The first-order valence-electron chi connectivity index (χ1n) is 7.70. The molecule has 2 aromatic carbocycles. The summed E-state index contributed by atoms with van der Waals surface area (Å²) in [6.07, 6.45) is 0. The van der Waals surface area contributed by atoms with Crippen molar-refractivity contribution in [2.45, 2.75) is 13.5 Å². The maximum atomic E-state index is 12.0. The Kier molecular flexibility index (Phi) is 6.40. The highest BCUT2D eigenvalue weighted by molar-refractivity contribution is 5.96.